The van der Waals surface area contributed by atoms with Crippen LogP contribution in [-0.4, -0.2) is 85.7 Å². The van der Waals surface area contributed by atoms with E-state index in [-0.39, 0.29) is 50.0 Å². The lowest BCUT2D eigenvalue weighted by atomic mass is 9.79. The fourth-order valence-corrected chi connectivity index (χ4v) is 14.3. The topological polar surface area (TPSA) is 197 Å². The number of hydrogen-bond donors (Lipinski definition) is 1. The number of esters is 1. The van der Waals surface area contributed by atoms with Crippen molar-refractivity contribution in [3.05, 3.63) is 234 Å². The average Bonchev–Trinajstić information content (AvgIpc) is 1.34. The molecule has 0 saturated carbocycles. The van der Waals surface area contributed by atoms with Gasteiger partial charge in [0, 0.05) is 39.7 Å². The second-order valence-electron chi connectivity index (χ2n) is 22.7. The van der Waals surface area contributed by atoms with Crippen molar-refractivity contribution in [2.24, 2.45) is 5.92 Å². The molecule has 0 amide bonds. The molecule has 0 saturated heterocycles. The molecule has 3 heterocycles. The molecule has 3 aromatic heterocycles. The minimum Gasteiger partial charge on any atom is -0.508 e. The van der Waals surface area contributed by atoms with Gasteiger partial charge in [-0.25, -0.2) is 24.7 Å². The number of carbonyl (C=O) groups excluding carboxylic acids is 1. The number of phenolic OH excluding ortho intramolecular Hbond substituents is 1. The molecule has 21 heteroatoms. The summed E-state index contributed by atoms with van der Waals surface area (Å²) < 4.78 is 77.8. The quantitative estimate of drug-likeness (QED) is 0.0305. The summed E-state index contributed by atoms with van der Waals surface area (Å²) in [5, 5.41) is 12.0. The monoisotopic (exact) mass is 1380 g/mol. The van der Waals surface area contributed by atoms with Gasteiger partial charge in [0.05, 0.1) is 55.0 Å². The first-order chi connectivity index (χ1) is 44.2. The van der Waals surface area contributed by atoms with Crippen molar-refractivity contribution in [1.29, 1.82) is 0 Å². The number of rotatable bonds is 26. The minimum absolute atomic E-state index is 0.00481. The summed E-state index contributed by atoms with van der Waals surface area (Å²) in [5.74, 6) is 0.891. The van der Waals surface area contributed by atoms with E-state index in [0.29, 0.717) is 103 Å². The zero-order chi connectivity index (χ0) is 65.3. The molecule has 0 fully saturated rings. The van der Waals surface area contributed by atoms with Crippen molar-refractivity contribution in [1.82, 2.24) is 19.9 Å². The number of fused-ring (bicyclic) bond motifs is 1. The van der Waals surface area contributed by atoms with E-state index in [1.807, 2.05) is 123 Å². The number of nitrogens with zero attached hydrogens (tertiary/aromatic N) is 4. The Labute approximate surface area is 557 Å². The van der Waals surface area contributed by atoms with Crippen LogP contribution in [0.1, 0.15) is 71.0 Å². The Hall–Kier alpha value is -8.14. The van der Waals surface area contributed by atoms with Crippen molar-refractivity contribution >= 4 is 76.8 Å². The Kier molecular flexibility index (Phi) is 21.2. The Balaban J connectivity index is 1.01. The van der Waals surface area contributed by atoms with Gasteiger partial charge >= 0.3 is 5.97 Å². The SMILES string of the molecule is COc1ccc(C(OC[C@H](COS(=O)(=O)Cc2ccccc2)Cc2c(Cl)c(C)c(-c3c(Br)sc4ncnc(O[C@H](Cc5cc(O)ccc5OCc5ccnc(-c6ccccc6OC)n5)C(=O)OC(C)(C)C)c34)c(C)c2Cl)(c2ccccc2)c2ccc(OC)cc2)cc1. The smallest absolute Gasteiger partial charge is 0.348 e. The van der Waals surface area contributed by atoms with Crippen LogP contribution in [0.5, 0.6) is 34.6 Å². The number of aromatic hydroxyl groups is 1. The summed E-state index contributed by atoms with van der Waals surface area (Å²) >= 11 is 20.5. The third-order valence-corrected chi connectivity index (χ3v) is 19.3. The second kappa shape index (κ2) is 29.2. The number of methoxy groups -OCH3 is 3. The summed E-state index contributed by atoms with van der Waals surface area (Å²) in [6.07, 6.45) is 1.59. The highest BCUT2D eigenvalue weighted by Crippen LogP contribution is 2.51. The van der Waals surface area contributed by atoms with E-state index in [1.54, 1.807) is 84.7 Å². The summed E-state index contributed by atoms with van der Waals surface area (Å²) in [5.41, 5.74) is 5.36. The molecular weight excluding hydrogens is 1320 g/mol. The molecule has 0 aliphatic heterocycles. The molecule has 0 unspecified atom stereocenters. The number of benzene rings is 7. The summed E-state index contributed by atoms with van der Waals surface area (Å²) in [6.45, 7) is 8.64. The minimum atomic E-state index is -4.15. The molecule has 10 aromatic rings. The summed E-state index contributed by atoms with van der Waals surface area (Å²) in [4.78, 5) is 33.6. The molecule has 7 aromatic carbocycles. The zero-order valence-corrected chi connectivity index (χ0v) is 56.5. The maximum absolute atomic E-state index is 14.5. The molecule has 0 radical (unpaired) electrons. The predicted molar refractivity (Wildman–Crippen MR) is 361 cm³/mol. The van der Waals surface area contributed by atoms with Crippen molar-refractivity contribution in [3.8, 4) is 57.1 Å². The number of para-hydroxylation sites is 1. The molecule has 0 spiro atoms. The van der Waals surface area contributed by atoms with Crippen LogP contribution >= 0.6 is 50.5 Å². The largest absolute Gasteiger partial charge is 0.508 e. The van der Waals surface area contributed by atoms with Crippen LogP contribution in [0.2, 0.25) is 10.0 Å². The molecular formula is C71H67BrCl2N4O12S2. The van der Waals surface area contributed by atoms with Crippen LogP contribution in [0.3, 0.4) is 0 Å². The number of halogens is 3. The molecule has 10 rings (SSSR count). The maximum Gasteiger partial charge on any atom is 0.348 e. The highest BCUT2D eigenvalue weighted by atomic mass is 79.9. The number of aromatic nitrogens is 4. The number of hydrogen-bond acceptors (Lipinski definition) is 17. The third kappa shape index (κ3) is 15.3. The molecule has 92 heavy (non-hydrogen) atoms. The van der Waals surface area contributed by atoms with Gasteiger partial charge in [0.2, 0.25) is 12.0 Å². The molecule has 1 N–H and O–H groups in total. The second-order valence-corrected chi connectivity index (χ2v) is 27.4. The van der Waals surface area contributed by atoms with Gasteiger partial charge in [-0.05, 0) is 162 Å². The van der Waals surface area contributed by atoms with Crippen LogP contribution in [0.25, 0.3) is 32.7 Å². The zero-order valence-electron chi connectivity index (χ0n) is 51.7. The van der Waals surface area contributed by atoms with E-state index in [1.165, 1.54) is 29.8 Å². The standard InChI is InChI=1S/C71H67BrCl2N4O12S2/c1-43-60(61-62-67(76-42-77-68(62)91-65(61)72)89-59(69(80)90-70(3,4)5)37-47-36-52(79)27-32-57(47)86-40-51-33-34-75-66(78-51)55-21-15-16-22-58(55)85-8)44(2)64(74)56(63(43)73)35-46(39-88-92(81,82)41-45-17-11-9-12-18-45)38-87-71(48-19-13-10-14-20-48,49-23-28-53(83-6)29-24-49)50-25-30-54(84-7)31-26-50/h9-34,36,42,46,59,79H,35,37-41H2,1-8H3/t46-,59-/m1/s1. The fraction of sp³-hybridized carbons (Fsp3) is 0.254. The van der Waals surface area contributed by atoms with E-state index in [9.17, 15) is 18.3 Å². The lowest BCUT2D eigenvalue weighted by molar-refractivity contribution is -0.163. The molecule has 0 aliphatic rings. The van der Waals surface area contributed by atoms with Crippen LogP contribution in [0, 0.1) is 19.8 Å². The van der Waals surface area contributed by atoms with Gasteiger partial charge in [-0.15, -0.1) is 11.3 Å². The fourth-order valence-electron chi connectivity index (χ4n) is 10.9. The number of carbonyl (C=O) groups is 1. The van der Waals surface area contributed by atoms with Crippen LogP contribution in [0.15, 0.2) is 174 Å². The Morgan fingerprint density at radius 2 is 1.32 bits per heavy atom. The van der Waals surface area contributed by atoms with Gasteiger partial charge in [-0.3, -0.25) is 4.18 Å². The predicted octanol–water partition coefficient (Wildman–Crippen LogP) is 15.9. The maximum atomic E-state index is 14.5. The molecule has 16 nitrogen and oxygen atoms in total. The Morgan fingerprint density at radius 3 is 1.95 bits per heavy atom. The highest BCUT2D eigenvalue weighted by Gasteiger charge is 2.40. The third-order valence-electron chi connectivity index (χ3n) is 15.3. The van der Waals surface area contributed by atoms with E-state index in [4.69, 9.17) is 65.5 Å². The number of thiophene rings is 1. The van der Waals surface area contributed by atoms with E-state index in [0.717, 1.165) is 16.7 Å². The number of ether oxygens (including phenoxy) is 7. The average molecular weight is 1380 g/mol. The normalized spacial score (nSPS) is 12.5. The van der Waals surface area contributed by atoms with Crippen LogP contribution in [-0.2, 0) is 59.4 Å². The van der Waals surface area contributed by atoms with Crippen molar-refractivity contribution in [2.75, 3.05) is 34.5 Å². The molecule has 0 aliphatic carbocycles. The van der Waals surface area contributed by atoms with Gasteiger partial charge in [-0.1, -0.05) is 120 Å². The lowest BCUT2D eigenvalue weighted by Gasteiger charge is -2.37. The number of phenols is 1. The van der Waals surface area contributed by atoms with Gasteiger partial charge in [0.25, 0.3) is 10.1 Å². The molecule has 0 bridgehead atoms. The van der Waals surface area contributed by atoms with Crippen LogP contribution < -0.4 is 23.7 Å². The highest BCUT2D eigenvalue weighted by molar-refractivity contribution is 9.11. The first-order valence-corrected chi connectivity index (χ1v) is 33.2. The first-order valence-electron chi connectivity index (χ1n) is 29.3. The van der Waals surface area contributed by atoms with Gasteiger partial charge in [-0.2, -0.15) is 8.42 Å². The summed E-state index contributed by atoms with van der Waals surface area (Å²) in [6, 6.07) is 47.6. The Bertz CT molecular complexity index is 4270. The lowest BCUT2D eigenvalue weighted by Crippen LogP contribution is -2.37. The van der Waals surface area contributed by atoms with Crippen molar-refractivity contribution in [3.63, 3.8) is 0 Å². The summed E-state index contributed by atoms with van der Waals surface area (Å²) in [7, 11) is 0.636. The van der Waals surface area contributed by atoms with Gasteiger partial charge in [0.15, 0.2) is 5.82 Å². The van der Waals surface area contributed by atoms with Gasteiger partial charge in [0.1, 0.15) is 63.5 Å². The molecule has 2 atom stereocenters. The molecule has 476 valence electrons. The van der Waals surface area contributed by atoms with E-state index >= 15 is 0 Å². The van der Waals surface area contributed by atoms with E-state index in [2.05, 4.69) is 30.9 Å². The van der Waals surface area contributed by atoms with Gasteiger partial charge < -0.3 is 38.3 Å². The first kappa shape index (κ1) is 66.8. The van der Waals surface area contributed by atoms with Crippen molar-refractivity contribution < 1.29 is 55.7 Å². The Morgan fingerprint density at radius 1 is 0.696 bits per heavy atom. The van der Waals surface area contributed by atoms with E-state index < -0.39 is 39.3 Å². The van der Waals surface area contributed by atoms with Crippen LogP contribution in [0.4, 0.5) is 0 Å². The van der Waals surface area contributed by atoms with Crippen molar-refractivity contribution in [2.45, 2.75) is 77.1 Å².